The highest BCUT2D eigenvalue weighted by Gasteiger charge is 2.06. The van der Waals surface area contributed by atoms with E-state index in [0.29, 0.717) is 17.7 Å². The Hall–Kier alpha value is -2.69. The predicted molar refractivity (Wildman–Crippen MR) is 70.4 cm³/mol. The van der Waals surface area contributed by atoms with Crippen molar-refractivity contribution in [1.29, 1.82) is 0 Å². The Balaban J connectivity index is 1.98. The van der Waals surface area contributed by atoms with E-state index in [1.165, 1.54) is 12.1 Å². The molecule has 5 heteroatoms. The maximum atomic E-state index is 11.8. The van der Waals surface area contributed by atoms with Gasteiger partial charge in [-0.15, -0.1) is 0 Å². The molecule has 0 aliphatic rings. The van der Waals surface area contributed by atoms with Gasteiger partial charge in [-0.05, 0) is 36.4 Å². The van der Waals surface area contributed by atoms with Crippen LogP contribution in [0.4, 0.5) is 0 Å². The third kappa shape index (κ3) is 3.38. The van der Waals surface area contributed by atoms with Crippen molar-refractivity contribution in [1.82, 2.24) is 10.3 Å². The molecule has 2 aromatic rings. The third-order valence-electron chi connectivity index (χ3n) is 2.59. The summed E-state index contributed by atoms with van der Waals surface area (Å²) < 4.78 is 0. The lowest BCUT2D eigenvalue weighted by molar-refractivity contribution is 0.0947. The first-order chi connectivity index (χ1) is 9.16. The van der Waals surface area contributed by atoms with Gasteiger partial charge in [0.15, 0.2) is 0 Å². The first-order valence-corrected chi connectivity index (χ1v) is 5.75. The van der Waals surface area contributed by atoms with Crippen molar-refractivity contribution in [3.8, 4) is 0 Å². The van der Waals surface area contributed by atoms with Gasteiger partial charge in [0.2, 0.25) is 5.91 Å². The van der Waals surface area contributed by atoms with Crippen LogP contribution in [0.15, 0.2) is 48.7 Å². The highest BCUT2D eigenvalue weighted by Crippen LogP contribution is 2.04. The summed E-state index contributed by atoms with van der Waals surface area (Å²) in [7, 11) is 0. The fourth-order valence-electron chi connectivity index (χ4n) is 1.56. The monoisotopic (exact) mass is 255 g/mol. The van der Waals surface area contributed by atoms with Gasteiger partial charge in [0.25, 0.3) is 5.91 Å². The molecule has 3 N–H and O–H groups in total. The van der Waals surface area contributed by atoms with E-state index in [0.717, 1.165) is 5.69 Å². The van der Waals surface area contributed by atoms with Gasteiger partial charge in [-0.25, -0.2) is 0 Å². The highest BCUT2D eigenvalue weighted by atomic mass is 16.2. The Kier molecular flexibility index (Phi) is 3.87. The zero-order valence-electron chi connectivity index (χ0n) is 10.2. The van der Waals surface area contributed by atoms with Crippen molar-refractivity contribution in [2.75, 3.05) is 0 Å². The van der Waals surface area contributed by atoms with Gasteiger partial charge in [-0.2, -0.15) is 0 Å². The van der Waals surface area contributed by atoms with Gasteiger partial charge in [-0.3, -0.25) is 14.6 Å². The summed E-state index contributed by atoms with van der Waals surface area (Å²) in [6.45, 7) is 0.358. The average molecular weight is 255 g/mol. The van der Waals surface area contributed by atoms with Gasteiger partial charge in [0, 0.05) is 17.3 Å². The van der Waals surface area contributed by atoms with Crippen molar-refractivity contribution in [3.63, 3.8) is 0 Å². The number of aromatic nitrogens is 1. The second kappa shape index (κ2) is 5.77. The molecule has 1 heterocycles. The second-order valence-electron chi connectivity index (χ2n) is 3.95. The van der Waals surface area contributed by atoms with E-state index in [1.807, 2.05) is 18.2 Å². The van der Waals surface area contributed by atoms with Gasteiger partial charge >= 0.3 is 0 Å². The van der Waals surface area contributed by atoms with Crippen LogP contribution in [0.5, 0.6) is 0 Å². The van der Waals surface area contributed by atoms with Gasteiger partial charge in [-0.1, -0.05) is 6.07 Å². The molecule has 0 bridgehead atoms. The largest absolute Gasteiger partial charge is 0.366 e. The van der Waals surface area contributed by atoms with Crippen LogP contribution in [0.25, 0.3) is 0 Å². The van der Waals surface area contributed by atoms with Crippen LogP contribution >= 0.6 is 0 Å². The van der Waals surface area contributed by atoms with Crippen molar-refractivity contribution < 1.29 is 9.59 Å². The Bertz CT molecular complexity index is 579. The minimum atomic E-state index is -0.513. The van der Waals surface area contributed by atoms with E-state index in [4.69, 9.17) is 5.73 Å². The number of carbonyl (C=O) groups excluding carboxylic acids is 2. The maximum absolute atomic E-state index is 11.8. The van der Waals surface area contributed by atoms with Crippen molar-refractivity contribution >= 4 is 11.8 Å². The lowest BCUT2D eigenvalue weighted by Crippen LogP contribution is -2.23. The summed E-state index contributed by atoms with van der Waals surface area (Å²) >= 11 is 0. The number of carbonyl (C=O) groups is 2. The molecule has 2 amide bonds. The second-order valence-corrected chi connectivity index (χ2v) is 3.95. The van der Waals surface area contributed by atoms with Gasteiger partial charge in [0.05, 0.1) is 12.2 Å². The van der Waals surface area contributed by atoms with E-state index >= 15 is 0 Å². The smallest absolute Gasteiger partial charge is 0.251 e. The third-order valence-corrected chi connectivity index (χ3v) is 2.59. The van der Waals surface area contributed by atoms with Crippen LogP contribution < -0.4 is 11.1 Å². The molecule has 0 atom stereocenters. The number of rotatable bonds is 4. The molecule has 96 valence electrons. The van der Waals surface area contributed by atoms with E-state index < -0.39 is 5.91 Å². The molecule has 0 radical (unpaired) electrons. The summed E-state index contributed by atoms with van der Waals surface area (Å²) in [5.41, 5.74) is 6.76. The number of nitrogens with one attached hydrogen (secondary N) is 1. The lowest BCUT2D eigenvalue weighted by atomic mass is 10.1. The molecule has 1 aromatic carbocycles. The normalized spacial score (nSPS) is 9.89. The number of pyridine rings is 1. The number of benzene rings is 1. The predicted octanol–water partition coefficient (Wildman–Crippen LogP) is 1.11. The van der Waals surface area contributed by atoms with Crippen molar-refractivity contribution in [3.05, 3.63) is 65.5 Å². The minimum Gasteiger partial charge on any atom is -0.366 e. The number of hydrogen-bond donors (Lipinski definition) is 2. The van der Waals surface area contributed by atoms with Gasteiger partial charge in [0.1, 0.15) is 0 Å². The zero-order chi connectivity index (χ0) is 13.7. The molecule has 0 spiro atoms. The molecule has 0 aliphatic carbocycles. The maximum Gasteiger partial charge on any atom is 0.251 e. The summed E-state index contributed by atoms with van der Waals surface area (Å²) in [4.78, 5) is 26.9. The first-order valence-electron chi connectivity index (χ1n) is 5.75. The number of amides is 2. The van der Waals surface area contributed by atoms with Crippen LogP contribution in [-0.4, -0.2) is 16.8 Å². The van der Waals surface area contributed by atoms with E-state index in [1.54, 1.807) is 18.3 Å². The number of primary amides is 1. The fourth-order valence-corrected chi connectivity index (χ4v) is 1.56. The van der Waals surface area contributed by atoms with E-state index in [2.05, 4.69) is 10.3 Å². The quantitative estimate of drug-likeness (QED) is 0.858. The molecule has 2 rings (SSSR count). The molecule has 0 aliphatic heterocycles. The summed E-state index contributed by atoms with van der Waals surface area (Å²) in [5, 5.41) is 2.75. The molecular formula is C14H13N3O2. The number of nitrogens with zero attached hydrogens (tertiary/aromatic N) is 1. The first kappa shape index (κ1) is 12.8. The molecule has 19 heavy (non-hydrogen) atoms. The van der Waals surface area contributed by atoms with Crippen LogP contribution in [0.1, 0.15) is 26.4 Å². The molecule has 5 nitrogen and oxygen atoms in total. The molecule has 0 saturated heterocycles. The molecule has 0 saturated carbocycles. The summed E-state index contributed by atoms with van der Waals surface area (Å²) in [6.07, 6.45) is 1.67. The molecule has 1 aromatic heterocycles. The summed E-state index contributed by atoms with van der Waals surface area (Å²) in [6, 6.07) is 11.7. The van der Waals surface area contributed by atoms with Crippen LogP contribution in [0.2, 0.25) is 0 Å². The number of hydrogen-bond acceptors (Lipinski definition) is 3. The molecule has 0 fully saturated rings. The standard InChI is InChI=1S/C14H13N3O2/c15-13(18)10-4-6-11(7-5-10)14(19)17-9-12-3-1-2-8-16-12/h1-8H,9H2,(H2,15,18)(H,17,19). The fraction of sp³-hybridized carbons (Fsp3) is 0.0714. The highest BCUT2D eigenvalue weighted by molar-refractivity contribution is 5.97. The van der Waals surface area contributed by atoms with Crippen molar-refractivity contribution in [2.45, 2.75) is 6.54 Å². The lowest BCUT2D eigenvalue weighted by Gasteiger charge is -2.05. The Morgan fingerprint density at radius 2 is 1.74 bits per heavy atom. The van der Waals surface area contributed by atoms with E-state index in [9.17, 15) is 9.59 Å². The van der Waals surface area contributed by atoms with Crippen LogP contribution in [-0.2, 0) is 6.54 Å². The van der Waals surface area contributed by atoms with Gasteiger partial charge < -0.3 is 11.1 Å². The number of nitrogens with two attached hydrogens (primary N) is 1. The Morgan fingerprint density at radius 1 is 1.05 bits per heavy atom. The topological polar surface area (TPSA) is 85.1 Å². The Labute approximate surface area is 110 Å². The zero-order valence-corrected chi connectivity index (χ0v) is 10.2. The molecular weight excluding hydrogens is 242 g/mol. The average Bonchev–Trinajstić information content (AvgIpc) is 2.46. The minimum absolute atomic E-state index is 0.221. The van der Waals surface area contributed by atoms with E-state index in [-0.39, 0.29) is 5.91 Å². The van der Waals surface area contributed by atoms with Crippen molar-refractivity contribution in [2.24, 2.45) is 5.73 Å². The molecule has 0 unspecified atom stereocenters. The van der Waals surface area contributed by atoms with Crippen LogP contribution in [0.3, 0.4) is 0 Å². The Morgan fingerprint density at radius 3 is 2.32 bits per heavy atom. The summed E-state index contributed by atoms with van der Waals surface area (Å²) in [5.74, 6) is -0.734. The SMILES string of the molecule is NC(=O)c1ccc(C(=O)NCc2ccccn2)cc1. The van der Waals surface area contributed by atoms with Crippen LogP contribution in [0, 0.1) is 0 Å².